The van der Waals surface area contributed by atoms with Crippen LogP contribution in [0.2, 0.25) is 18.1 Å². The summed E-state index contributed by atoms with van der Waals surface area (Å²) >= 11 is 0. The number of carbonyl (C=O) groups is 1. The second-order valence-electron chi connectivity index (χ2n) is 11.4. The zero-order chi connectivity index (χ0) is 24.1. The van der Waals surface area contributed by atoms with E-state index in [4.69, 9.17) is 13.3 Å². The predicted molar refractivity (Wildman–Crippen MR) is 127 cm³/mol. The van der Waals surface area contributed by atoms with E-state index in [2.05, 4.69) is 39.2 Å². The summed E-state index contributed by atoms with van der Waals surface area (Å²) in [5, 5.41) is 2.88. The average molecular weight is 480 g/mol. The van der Waals surface area contributed by atoms with Crippen molar-refractivity contribution in [2.45, 2.75) is 116 Å². The van der Waals surface area contributed by atoms with Crippen molar-refractivity contribution < 1.29 is 26.6 Å². The molecule has 0 aromatic carbocycles. The fourth-order valence-electron chi connectivity index (χ4n) is 3.49. The van der Waals surface area contributed by atoms with Crippen molar-refractivity contribution >= 4 is 24.5 Å². The molecule has 1 aliphatic rings. The first-order valence-electron chi connectivity index (χ1n) is 11.4. The van der Waals surface area contributed by atoms with Crippen LogP contribution in [0.5, 0.6) is 0 Å². The van der Waals surface area contributed by atoms with Crippen LogP contribution < -0.4 is 5.32 Å². The molecule has 0 spiro atoms. The van der Waals surface area contributed by atoms with Crippen molar-refractivity contribution in [3.05, 3.63) is 0 Å². The van der Waals surface area contributed by atoms with Crippen molar-refractivity contribution in [3.8, 4) is 0 Å². The lowest BCUT2D eigenvalue weighted by atomic mass is 9.84. The zero-order valence-electron chi connectivity index (χ0n) is 21.0. The van der Waals surface area contributed by atoms with Crippen molar-refractivity contribution in [1.29, 1.82) is 0 Å². The third-order valence-electron chi connectivity index (χ3n) is 6.18. The predicted octanol–water partition coefficient (Wildman–Crippen LogP) is 5.22. The summed E-state index contributed by atoms with van der Waals surface area (Å²) in [6.45, 7) is 16.1. The fourth-order valence-corrected chi connectivity index (χ4v) is 5.14. The Kier molecular flexibility index (Phi) is 10.1. The van der Waals surface area contributed by atoms with Gasteiger partial charge in [0, 0.05) is 0 Å². The molecule has 0 aromatic heterocycles. The molecular formula is C22H45NO6SSi. The van der Waals surface area contributed by atoms with Crippen molar-refractivity contribution in [2.24, 2.45) is 5.92 Å². The third-order valence-corrected chi connectivity index (χ3v) is 11.3. The highest BCUT2D eigenvalue weighted by Gasteiger charge is 2.40. The van der Waals surface area contributed by atoms with Crippen LogP contribution in [0.3, 0.4) is 0 Å². The van der Waals surface area contributed by atoms with Gasteiger partial charge in [0.2, 0.25) is 0 Å². The van der Waals surface area contributed by atoms with Crippen LogP contribution in [0, 0.1) is 5.92 Å². The first kappa shape index (κ1) is 28.4. The Hall–Kier alpha value is -0.643. The molecule has 0 unspecified atom stereocenters. The lowest BCUT2D eigenvalue weighted by Crippen LogP contribution is -2.52. The van der Waals surface area contributed by atoms with Gasteiger partial charge in [0.05, 0.1) is 18.9 Å². The zero-order valence-corrected chi connectivity index (χ0v) is 22.9. The average Bonchev–Trinajstić information content (AvgIpc) is 2.55. The number of nitrogens with one attached hydrogen (secondary N) is 1. The molecule has 1 aliphatic carbocycles. The van der Waals surface area contributed by atoms with Crippen LogP contribution in [-0.2, 0) is 23.5 Å². The van der Waals surface area contributed by atoms with Gasteiger partial charge in [-0.05, 0) is 51.2 Å². The molecule has 1 rings (SSSR count). The number of ether oxygens (including phenoxy) is 1. The van der Waals surface area contributed by atoms with Crippen LogP contribution in [-0.4, -0.2) is 53.4 Å². The number of hydrogen-bond donors (Lipinski definition) is 1. The molecule has 0 heterocycles. The summed E-state index contributed by atoms with van der Waals surface area (Å²) in [7, 11) is -5.88. The summed E-state index contributed by atoms with van der Waals surface area (Å²) in [5.74, 6) is 0.409. The first-order valence-corrected chi connectivity index (χ1v) is 16.1. The lowest BCUT2D eigenvalue weighted by Gasteiger charge is -2.38. The van der Waals surface area contributed by atoms with E-state index in [-0.39, 0.29) is 11.6 Å². The van der Waals surface area contributed by atoms with Gasteiger partial charge < -0.3 is 14.5 Å². The molecule has 0 aromatic rings. The summed E-state index contributed by atoms with van der Waals surface area (Å²) in [4.78, 5) is 12.6. The molecule has 2 atom stereocenters. The molecule has 0 bridgehead atoms. The maximum Gasteiger partial charge on any atom is 0.407 e. The topological polar surface area (TPSA) is 90.9 Å². The molecule has 184 valence electrons. The van der Waals surface area contributed by atoms with E-state index in [0.717, 1.165) is 31.9 Å². The van der Waals surface area contributed by atoms with E-state index < -0.39 is 42.3 Å². The Balaban J connectivity index is 3.10. The molecule has 0 radical (unpaired) electrons. The number of amides is 1. The van der Waals surface area contributed by atoms with E-state index in [0.29, 0.717) is 12.3 Å². The van der Waals surface area contributed by atoms with Gasteiger partial charge in [0.25, 0.3) is 10.1 Å². The second kappa shape index (κ2) is 11.0. The van der Waals surface area contributed by atoms with E-state index >= 15 is 0 Å². The minimum absolute atomic E-state index is 0.0277. The van der Waals surface area contributed by atoms with Crippen LogP contribution in [0.25, 0.3) is 0 Å². The molecule has 1 saturated carbocycles. The van der Waals surface area contributed by atoms with Gasteiger partial charge in [-0.15, -0.1) is 0 Å². The Morgan fingerprint density at radius 3 is 2.06 bits per heavy atom. The summed E-state index contributed by atoms with van der Waals surface area (Å²) in [6.07, 6.45) is 5.98. The van der Waals surface area contributed by atoms with Crippen molar-refractivity contribution in [3.63, 3.8) is 0 Å². The fraction of sp³-hybridized carbons (Fsp3) is 0.955. The van der Waals surface area contributed by atoms with E-state index in [1.165, 1.54) is 6.42 Å². The maximum absolute atomic E-state index is 12.6. The minimum Gasteiger partial charge on any atom is -0.444 e. The standard InChI is InChI=1S/C22H45NO6SSi/c1-21(2,3)28-20(24)23-18(15-17-13-11-10-12-14-17)19(29-30(7,25)26)16-27-31(8,9)22(4,5)6/h17-19H,10-16H2,1-9H3,(H,23,24)/t18-,19+/m0/s1. The van der Waals surface area contributed by atoms with E-state index in [9.17, 15) is 13.2 Å². The highest BCUT2D eigenvalue weighted by Crippen LogP contribution is 2.37. The summed E-state index contributed by atoms with van der Waals surface area (Å²) in [6, 6.07) is -0.516. The monoisotopic (exact) mass is 479 g/mol. The lowest BCUT2D eigenvalue weighted by molar-refractivity contribution is 0.0360. The maximum atomic E-state index is 12.6. The molecule has 31 heavy (non-hydrogen) atoms. The number of rotatable bonds is 9. The minimum atomic E-state index is -3.74. The van der Waals surface area contributed by atoms with Gasteiger partial charge >= 0.3 is 6.09 Å². The quantitative estimate of drug-likeness (QED) is 0.360. The van der Waals surface area contributed by atoms with Crippen molar-refractivity contribution in [2.75, 3.05) is 12.9 Å². The molecule has 1 fully saturated rings. The van der Waals surface area contributed by atoms with E-state index in [1.54, 1.807) is 20.8 Å². The largest absolute Gasteiger partial charge is 0.444 e. The molecule has 7 nitrogen and oxygen atoms in total. The number of hydrogen-bond acceptors (Lipinski definition) is 6. The second-order valence-corrected chi connectivity index (χ2v) is 17.8. The Bertz CT molecular complexity index is 675. The molecule has 1 N–H and O–H groups in total. The normalized spacial score (nSPS) is 19.0. The number of alkyl carbamates (subject to hydrolysis) is 1. The van der Waals surface area contributed by atoms with Gasteiger partial charge in [-0.2, -0.15) is 8.42 Å². The SMILES string of the molecule is CC(C)(C)OC(=O)N[C@@H](CC1CCCCC1)[C@@H](CO[Si](C)(C)C(C)(C)C)OS(C)(=O)=O. The highest BCUT2D eigenvalue weighted by molar-refractivity contribution is 7.86. The van der Waals surface area contributed by atoms with E-state index in [1.807, 2.05) is 0 Å². The molecule has 9 heteroatoms. The van der Waals surface area contributed by atoms with Gasteiger partial charge in [-0.1, -0.05) is 52.9 Å². The van der Waals surface area contributed by atoms with Crippen LogP contribution in [0.15, 0.2) is 0 Å². The van der Waals surface area contributed by atoms with Gasteiger partial charge in [-0.25, -0.2) is 4.79 Å². The van der Waals surface area contributed by atoms with Crippen LogP contribution in [0.4, 0.5) is 4.79 Å². The summed E-state index contributed by atoms with van der Waals surface area (Å²) in [5.41, 5.74) is -0.649. The van der Waals surface area contributed by atoms with Gasteiger partial charge in [0.1, 0.15) is 11.7 Å². The molecule has 0 saturated heterocycles. The third kappa shape index (κ3) is 11.2. The molecule has 0 aliphatic heterocycles. The Morgan fingerprint density at radius 1 is 1.06 bits per heavy atom. The van der Waals surface area contributed by atoms with Crippen molar-refractivity contribution in [1.82, 2.24) is 5.32 Å². The van der Waals surface area contributed by atoms with Gasteiger partial charge in [-0.3, -0.25) is 4.18 Å². The Morgan fingerprint density at radius 2 is 1.61 bits per heavy atom. The molecule has 1 amide bonds. The van der Waals surface area contributed by atoms with Crippen LogP contribution >= 0.6 is 0 Å². The highest BCUT2D eigenvalue weighted by atomic mass is 32.2. The first-order chi connectivity index (χ1) is 13.9. The number of carbonyl (C=O) groups excluding carboxylic acids is 1. The van der Waals surface area contributed by atoms with Crippen LogP contribution in [0.1, 0.15) is 80.1 Å². The Labute approximate surface area is 191 Å². The molecular weight excluding hydrogens is 434 g/mol. The van der Waals surface area contributed by atoms with Gasteiger partial charge in [0.15, 0.2) is 8.32 Å². The summed E-state index contributed by atoms with van der Waals surface area (Å²) < 4.78 is 41.4. The smallest absolute Gasteiger partial charge is 0.407 e.